The van der Waals surface area contributed by atoms with Gasteiger partial charge < -0.3 is 14.5 Å². The fraction of sp³-hybridized carbons (Fsp3) is 0.167. The highest BCUT2D eigenvalue weighted by molar-refractivity contribution is 5.63. The monoisotopic (exact) mass is 232 g/mol. The van der Waals surface area contributed by atoms with Crippen LogP contribution in [0.5, 0.6) is 11.5 Å². The highest BCUT2D eigenvalue weighted by Gasteiger charge is 2.06. The Bertz CT molecular complexity index is 578. The number of ether oxygens (including phenoxy) is 2. The molecule has 2 rings (SSSR count). The summed E-state index contributed by atoms with van der Waals surface area (Å²) in [7, 11) is 3.14. The zero-order chi connectivity index (χ0) is 12.3. The van der Waals surface area contributed by atoms with E-state index in [9.17, 15) is 4.79 Å². The van der Waals surface area contributed by atoms with E-state index in [1.165, 1.54) is 6.20 Å². The van der Waals surface area contributed by atoms with Gasteiger partial charge in [0.1, 0.15) is 0 Å². The third-order valence-corrected chi connectivity index (χ3v) is 2.35. The first-order valence-electron chi connectivity index (χ1n) is 5.01. The quantitative estimate of drug-likeness (QED) is 0.870. The Hall–Kier alpha value is -2.30. The van der Waals surface area contributed by atoms with Gasteiger partial charge in [0, 0.05) is 5.56 Å². The molecule has 0 bridgehead atoms. The van der Waals surface area contributed by atoms with Gasteiger partial charge in [-0.25, -0.2) is 0 Å². The molecular formula is C12H12N2O3. The van der Waals surface area contributed by atoms with Crippen LogP contribution >= 0.6 is 0 Å². The number of methoxy groups -OCH3 is 2. The standard InChI is InChI=1S/C12H12N2O3/c1-16-10-4-3-8(5-11(10)17-2)9-6-13-7-12(15)14-9/h3-7H,1-2H3,(H,14,15). The van der Waals surface area contributed by atoms with E-state index in [1.54, 1.807) is 32.5 Å². The van der Waals surface area contributed by atoms with Crippen molar-refractivity contribution in [3.8, 4) is 22.8 Å². The molecule has 88 valence electrons. The molecule has 1 N–H and O–H groups in total. The molecule has 0 aliphatic heterocycles. The summed E-state index contributed by atoms with van der Waals surface area (Å²) >= 11 is 0. The van der Waals surface area contributed by atoms with Crippen LogP contribution in [-0.2, 0) is 0 Å². The minimum absolute atomic E-state index is 0.239. The smallest absolute Gasteiger partial charge is 0.266 e. The summed E-state index contributed by atoms with van der Waals surface area (Å²) in [4.78, 5) is 17.7. The molecule has 1 aromatic heterocycles. The van der Waals surface area contributed by atoms with E-state index < -0.39 is 0 Å². The molecule has 5 heteroatoms. The molecule has 5 nitrogen and oxygen atoms in total. The summed E-state index contributed by atoms with van der Waals surface area (Å²) in [6.45, 7) is 0. The Balaban J connectivity index is 2.50. The Labute approximate surface area is 98.0 Å². The van der Waals surface area contributed by atoms with Crippen molar-refractivity contribution in [2.24, 2.45) is 0 Å². The highest BCUT2D eigenvalue weighted by atomic mass is 16.5. The molecule has 0 spiro atoms. The molecule has 0 radical (unpaired) electrons. The zero-order valence-corrected chi connectivity index (χ0v) is 9.56. The van der Waals surface area contributed by atoms with Crippen molar-refractivity contribution in [1.29, 1.82) is 0 Å². The molecule has 2 aromatic rings. The van der Waals surface area contributed by atoms with Gasteiger partial charge in [-0.15, -0.1) is 0 Å². The number of hydrogen-bond donors (Lipinski definition) is 1. The lowest BCUT2D eigenvalue weighted by Crippen LogP contribution is -2.05. The number of rotatable bonds is 3. The van der Waals surface area contributed by atoms with Crippen LogP contribution in [0, 0.1) is 0 Å². The second-order valence-corrected chi connectivity index (χ2v) is 3.38. The first kappa shape index (κ1) is 11.2. The zero-order valence-electron chi connectivity index (χ0n) is 9.56. The van der Waals surface area contributed by atoms with Gasteiger partial charge in [-0.1, -0.05) is 0 Å². The fourth-order valence-electron chi connectivity index (χ4n) is 1.53. The predicted octanol–water partition coefficient (Wildman–Crippen LogP) is 1.45. The van der Waals surface area contributed by atoms with Gasteiger partial charge in [-0.2, -0.15) is 0 Å². The molecule has 17 heavy (non-hydrogen) atoms. The second kappa shape index (κ2) is 4.69. The van der Waals surface area contributed by atoms with E-state index in [0.29, 0.717) is 17.2 Å². The topological polar surface area (TPSA) is 64.2 Å². The van der Waals surface area contributed by atoms with E-state index in [4.69, 9.17) is 9.47 Å². The Morgan fingerprint density at radius 1 is 1.12 bits per heavy atom. The van der Waals surface area contributed by atoms with Crippen LogP contribution in [-0.4, -0.2) is 24.2 Å². The van der Waals surface area contributed by atoms with Crippen LogP contribution in [0.3, 0.4) is 0 Å². The Morgan fingerprint density at radius 3 is 2.53 bits per heavy atom. The summed E-state index contributed by atoms with van der Waals surface area (Å²) in [6.07, 6.45) is 2.81. The first-order valence-corrected chi connectivity index (χ1v) is 5.01. The molecule has 0 aliphatic carbocycles. The minimum Gasteiger partial charge on any atom is -0.493 e. The highest BCUT2D eigenvalue weighted by Crippen LogP contribution is 2.30. The van der Waals surface area contributed by atoms with Gasteiger partial charge in [-0.3, -0.25) is 9.78 Å². The van der Waals surface area contributed by atoms with E-state index in [1.807, 2.05) is 6.07 Å². The number of aromatic nitrogens is 2. The van der Waals surface area contributed by atoms with Gasteiger partial charge in [0.15, 0.2) is 11.5 Å². The number of benzene rings is 1. The van der Waals surface area contributed by atoms with Crippen molar-refractivity contribution in [2.75, 3.05) is 14.2 Å². The molecule has 0 unspecified atom stereocenters. The van der Waals surface area contributed by atoms with Crippen molar-refractivity contribution in [1.82, 2.24) is 9.97 Å². The van der Waals surface area contributed by atoms with E-state index >= 15 is 0 Å². The lowest BCUT2D eigenvalue weighted by atomic mass is 10.1. The number of nitrogens with one attached hydrogen (secondary N) is 1. The van der Waals surface area contributed by atoms with Gasteiger partial charge in [0.05, 0.1) is 32.3 Å². The molecule has 1 heterocycles. The lowest BCUT2D eigenvalue weighted by Gasteiger charge is -2.09. The lowest BCUT2D eigenvalue weighted by molar-refractivity contribution is 0.355. The van der Waals surface area contributed by atoms with E-state index in [2.05, 4.69) is 9.97 Å². The van der Waals surface area contributed by atoms with Gasteiger partial charge >= 0.3 is 0 Å². The van der Waals surface area contributed by atoms with E-state index in [-0.39, 0.29) is 5.56 Å². The normalized spacial score (nSPS) is 10.0. The Morgan fingerprint density at radius 2 is 1.88 bits per heavy atom. The third kappa shape index (κ3) is 2.28. The van der Waals surface area contributed by atoms with Crippen molar-refractivity contribution >= 4 is 0 Å². The van der Waals surface area contributed by atoms with Crippen molar-refractivity contribution in [3.05, 3.63) is 40.9 Å². The maximum absolute atomic E-state index is 11.2. The molecule has 0 saturated heterocycles. The van der Waals surface area contributed by atoms with Gasteiger partial charge in [0.25, 0.3) is 5.56 Å². The second-order valence-electron chi connectivity index (χ2n) is 3.38. The van der Waals surface area contributed by atoms with Crippen LogP contribution in [0.2, 0.25) is 0 Å². The van der Waals surface area contributed by atoms with Gasteiger partial charge in [-0.05, 0) is 18.2 Å². The fourth-order valence-corrected chi connectivity index (χ4v) is 1.53. The third-order valence-electron chi connectivity index (χ3n) is 2.35. The molecule has 0 saturated carbocycles. The van der Waals surface area contributed by atoms with Crippen molar-refractivity contribution in [2.45, 2.75) is 0 Å². The Kier molecular flexibility index (Phi) is 3.09. The molecule has 1 aromatic carbocycles. The minimum atomic E-state index is -0.239. The summed E-state index contributed by atoms with van der Waals surface area (Å²) in [6, 6.07) is 5.39. The van der Waals surface area contributed by atoms with Crippen LogP contribution in [0.15, 0.2) is 35.4 Å². The maximum atomic E-state index is 11.2. The van der Waals surface area contributed by atoms with Crippen LogP contribution < -0.4 is 15.0 Å². The average Bonchev–Trinajstić information content (AvgIpc) is 2.38. The first-order chi connectivity index (χ1) is 8.24. The van der Waals surface area contributed by atoms with Crippen molar-refractivity contribution in [3.63, 3.8) is 0 Å². The number of H-pyrrole nitrogens is 1. The summed E-state index contributed by atoms with van der Waals surface area (Å²) in [5.41, 5.74) is 1.21. The van der Waals surface area contributed by atoms with E-state index in [0.717, 1.165) is 5.56 Å². The summed E-state index contributed by atoms with van der Waals surface area (Å²) < 4.78 is 10.3. The molecule has 0 aliphatic rings. The van der Waals surface area contributed by atoms with Crippen LogP contribution in [0.1, 0.15) is 0 Å². The molecule has 0 atom stereocenters. The summed E-state index contributed by atoms with van der Waals surface area (Å²) in [5.74, 6) is 1.25. The predicted molar refractivity (Wildman–Crippen MR) is 63.4 cm³/mol. The number of hydrogen-bond acceptors (Lipinski definition) is 4. The molecule has 0 fully saturated rings. The molecular weight excluding hydrogens is 220 g/mol. The van der Waals surface area contributed by atoms with Crippen LogP contribution in [0.25, 0.3) is 11.3 Å². The largest absolute Gasteiger partial charge is 0.493 e. The number of nitrogens with zero attached hydrogens (tertiary/aromatic N) is 1. The van der Waals surface area contributed by atoms with Crippen LogP contribution in [0.4, 0.5) is 0 Å². The van der Waals surface area contributed by atoms with Crippen molar-refractivity contribution < 1.29 is 9.47 Å². The molecule has 0 amide bonds. The summed E-state index contributed by atoms with van der Waals surface area (Å²) in [5, 5.41) is 0. The maximum Gasteiger partial charge on any atom is 0.266 e. The number of aromatic amines is 1. The van der Waals surface area contributed by atoms with Gasteiger partial charge in [0.2, 0.25) is 0 Å². The average molecular weight is 232 g/mol. The SMILES string of the molecule is COc1ccc(-c2cncc(=O)[nH]2)cc1OC.